The minimum absolute atomic E-state index is 0.120. The fraction of sp³-hybridized carbons (Fsp3) is 0.462. The van der Waals surface area contributed by atoms with Crippen LogP contribution in [0.1, 0.15) is 27.2 Å². The molecule has 0 heterocycles. The summed E-state index contributed by atoms with van der Waals surface area (Å²) < 4.78 is 18.7. The summed E-state index contributed by atoms with van der Waals surface area (Å²) in [4.78, 5) is 11.0. The molecule has 0 aromatic heterocycles. The lowest BCUT2D eigenvalue weighted by atomic mass is 9.99. The maximum Gasteiger partial charge on any atom is 0.219 e. The average molecular weight is 269 g/mol. The SMILES string of the molecule is CCOc1cc(NC(C)(C)CC(N)=O)c(N)cc1F. The van der Waals surface area contributed by atoms with Gasteiger partial charge in [-0.15, -0.1) is 0 Å². The molecule has 1 aromatic rings. The summed E-state index contributed by atoms with van der Waals surface area (Å²) in [6.45, 7) is 5.73. The summed E-state index contributed by atoms with van der Waals surface area (Å²) in [6, 6.07) is 2.67. The molecule has 0 saturated carbocycles. The molecule has 19 heavy (non-hydrogen) atoms. The number of halogens is 1. The molecule has 0 aliphatic rings. The van der Waals surface area contributed by atoms with E-state index in [-0.39, 0.29) is 17.9 Å². The van der Waals surface area contributed by atoms with Crippen molar-refractivity contribution in [1.82, 2.24) is 0 Å². The van der Waals surface area contributed by atoms with Gasteiger partial charge in [-0.2, -0.15) is 0 Å². The summed E-state index contributed by atoms with van der Waals surface area (Å²) in [5.74, 6) is -0.824. The van der Waals surface area contributed by atoms with E-state index in [2.05, 4.69) is 5.32 Å². The number of anilines is 2. The first kappa shape index (κ1) is 15.1. The van der Waals surface area contributed by atoms with Crippen molar-refractivity contribution in [3.05, 3.63) is 17.9 Å². The van der Waals surface area contributed by atoms with Crippen LogP contribution >= 0.6 is 0 Å². The Balaban J connectivity index is 3.00. The van der Waals surface area contributed by atoms with Crippen molar-refractivity contribution >= 4 is 17.3 Å². The van der Waals surface area contributed by atoms with E-state index in [9.17, 15) is 9.18 Å². The Hall–Kier alpha value is -1.98. The van der Waals surface area contributed by atoms with Crippen molar-refractivity contribution in [3.8, 4) is 5.75 Å². The zero-order chi connectivity index (χ0) is 14.6. The van der Waals surface area contributed by atoms with Crippen molar-refractivity contribution in [3.63, 3.8) is 0 Å². The number of hydrogen-bond acceptors (Lipinski definition) is 4. The van der Waals surface area contributed by atoms with E-state index in [0.29, 0.717) is 12.3 Å². The lowest BCUT2D eigenvalue weighted by Crippen LogP contribution is -2.36. The van der Waals surface area contributed by atoms with Crippen LogP contribution in [0.5, 0.6) is 5.75 Å². The first-order valence-corrected chi connectivity index (χ1v) is 6.03. The number of carbonyl (C=O) groups is 1. The number of nitrogen functional groups attached to an aromatic ring is 1. The number of hydrogen-bond donors (Lipinski definition) is 3. The molecule has 0 aliphatic heterocycles. The van der Waals surface area contributed by atoms with Crippen LogP contribution in [0.2, 0.25) is 0 Å². The van der Waals surface area contributed by atoms with Gasteiger partial charge in [-0.3, -0.25) is 4.79 Å². The van der Waals surface area contributed by atoms with Gasteiger partial charge in [0, 0.05) is 24.1 Å². The van der Waals surface area contributed by atoms with Crippen molar-refractivity contribution < 1.29 is 13.9 Å². The van der Waals surface area contributed by atoms with Crippen LogP contribution in [0.3, 0.4) is 0 Å². The normalized spacial score (nSPS) is 11.2. The molecule has 106 valence electrons. The number of rotatable bonds is 6. The molecule has 1 aromatic carbocycles. The molecule has 0 aliphatic carbocycles. The first-order valence-electron chi connectivity index (χ1n) is 6.03. The molecule has 1 rings (SSSR count). The zero-order valence-electron chi connectivity index (χ0n) is 11.4. The predicted molar refractivity (Wildman–Crippen MR) is 73.5 cm³/mol. The van der Waals surface area contributed by atoms with Crippen LogP contribution < -0.4 is 21.5 Å². The van der Waals surface area contributed by atoms with Crippen LogP contribution in [0.4, 0.5) is 15.8 Å². The molecular formula is C13H20FN3O2. The van der Waals surface area contributed by atoms with E-state index in [4.69, 9.17) is 16.2 Å². The molecule has 6 heteroatoms. The number of primary amides is 1. The largest absolute Gasteiger partial charge is 0.491 e. The topological polar surface area (TPSA) is 90.4 Å². The molecule has 0 bridgehead atoms. The quantitative estimate of drug-likeness (QED) is 0.688. The predicted octanol–water partition coefficient (Wildman–Crippen LogP) is 1.87. The minimum Gasteiger partial charge on any atom is -0.491 e. The van der Waals surface area contributed by atoms with Crippen molar-refractivity contribution in [2.75, 3.05) is 17.7 Å². The van der Waals surface area contributed by atoms with Gasteiger partial charge in [0.15, 0.2) is 11.6 Å². The van der Waals surface area contributed by atoms with Gasteiger partial charge in [0.05, 0.1) is 18.0 Å². The van der Waals surface area contributed by atoms with E-state index in [1.807, 2.05) is 0 Å². The summed E-state index contributed by atoms with van der Waals surface area (Å²) in [7, 11) is 0. The lowest BCUT2D eigenvalue weighted by Gasteiger charge is -2.27. The third-order valence-corrected chi connectivity index (χ3v) is 2.49. The second-order valence-corrected chi connectivity index (χ2v) is 4.95. The van der Waals surface area contributed by atoms with E-state index < -0.39 is 17.3 Å². The van der Waals surface area contributed by atoms with Gasteiger partial charge in [-0.25, -0.2) is 4.39 Å². The molecule has 5 N–H and O–H groups in total. The van der Waals surface area contributed by atoms with Gasteiger partial charge < -0.3 is 21.5 Å². The van der Waals surface area contributed by atoms with E-state index in [0.717, 1.165) is 0 Å². The summed E-state index contributed by atoms with van der Waals surface area (Å²) in [5.41, 5.74) is 11.1. The van der Waals surface area contributed by atoms with Crippen LogP contribution in [-0.4, -0.2) is 18.1 Å². The highest BCUT2D eigenvalue weighted by Gasteiger charge is 2.22. The second kappa shape index (κ2) is 5.77. The highest BCUT2D eigenvalue weighted by Crippen LogP contribution is 2.30. The van der Waals surface area contributed by atoms with Crippen LogP contribution in [0.15, 0.2) is 12.1 Å². The zero-order valence-corrected chi connectivity index (χ0v) is 11.4. The highest BCUT2D eigenvalue weighted by molar-refractivity contribution is 5.77. The Morgan fingerprint density at radius 1 is 1.47 bits per heavy atom. The standard InChI is InChI=1S/C13H20FN3O2/c1-4-19-11-6-10(9(15)5-8(11)14)17-13(2,3)7-12(16)18/h5-6,17H,4,7,15H2,1-3H3,(H2,16,18). The Labute approximate surface area is 112 Å². The molecule has 5 nitrogen and oxygen atoms in total. The van der Waals surface area contributed by atoms with Gasteiger partial charge in [0.2, 0.25) is 5.91 Å². The third-order valence-electron chi connectivity index (χ3n) is 2.49. The lowest BCUT2D eigenvalue weighted by molar-refractivity contribution is -0.118. The van der Waals surface area contributed by atoms with Gasteiger partial charge in [0.25, 0.3) is 0 Å². The van der Waals surface area contributed by atoms with Gasteiger partial charge in [-0.1, -0.05) is 0 Å². The van der Waals surface area contributed by atoms with Crippen LogP contribution in [0, 0.1) is 5.82 Å². The fourth-order valence-corrected chi connectivity index (χ4v) is 1.79. The number of benzene rings is 1. The van der Waals surface area contributed by atoms with Crippen molar-refractivity contribution in [2.24, 2.45) is 5.73 Å². The third kappa shape index (κ3) is 4.31. The van der Waals surface area contributed by atoms with Crippen LogP contribution in [-0.2, 0) is 4.79 Å². The number of nitrogens with one attached hydrogen (secondary N) is 1. The smallest absolute Gasteiger partial charge is 0.219 e. The Morgan fingerprint density at radius 3 is 2.63 bits per heavy atom. The first-order chi connectivity index (χ1) is 8.75. The molecular weight excluding hydrogens is 249 g/mol. The fourth-order valence-electron chi connectivity index (χ4n) is 1.79. The number of nitrogens with two attached hydrogens (primary N) is 2. The molecule has 0 fully saturated rings. The molecule has 0 atom stereocenters. The summed E-state index contributed by atoms with van der Waals surface area (Å²) in [5, 5.41) is 3.07. The molecule has 1 amide bonds. The molecule has 0 spiro atoms. The van der Waals surface area contributed by atoms with Crippen molar-refractivity contribution in [1.29, 1.82) is 0 Å². The highest BCUT2D eigenvalue weighted by atomic mass is 19.1. The molecule has 0 saturated heterocycles. The van der Waals surface area contributed by atoms with Crippen molar-refractivity contribution in [2.45, 2.75) is 32.7 Å². The number of carbonyl (C=O) groups excluding carboxylic acids is 1. The van der Waals surface area contributed by atoms with Gasteiger partial charge >= 0.3 is 0 Å². The van der Waals surface area contributed by atoms with E-state index >= 15 is 0 Å². The number of ether oxygens (including phenoxy) is 1. The number of amides is 1. The minimum atomic E-state index is -0.582. The maximum atomic E-state index is 13.6. The second-order valence-electron chi connectivity index (χ2n) is 4.95. The van der Waals surface area contributed by atoms with E-state index in [1.165, 1.54) is 12.1 Å². The average Bonchev–Trinajstić information content (AvgIpc) is 2.23. The monoisotopic (exact) mass is 269 g/mol. The molecule has 0 radical (unpaired) electrons. The summed E-state index contributed by atoms with van der Waals surface area (Å²) in [6.07, 6.45) is 0.133. The molecule has 0 unspecified atom stereocenters. The Morgan fingerprint density at radius 2 is 2.11 bits per heavy atom. The Kier molecular flexibility index (Phi) is 4.58. The Bertz CT molecular complexity index is 475. The van der Waals surface area contributed by atoms with Crippen LogP contribution in [0.25, 0.3) is 0 Å². The van der Waals surface area contributed by atoms with Gasteiger partial charge in [-0.05, 0) is 20.8 Å². The summed E-state index contributed by atoms with van der Waals surface area (Å²) >= 11 is 0. The maximum absolute atomic E-state index is 13.6. The van der Waals surface area contributed by atoms with E-state index in [1.54, 1.807) is 20.8 Å². The van der Waals surface area contributed by atoms with Gasteiger partial charge in [0.1, 0.15) is 0 Å².